The molecule has 9 heteroatoms. The smallest absolute Gasteiger partial charge is 0.453 e. The standard InChI is InChI=1S/C26H41INO6P/c1-6-32-35(31,33-7-2)28-17-23(4)10-8-11-26(16-27)21(23)9-12-25-14-20(30)19(13-22(25)26)24(5,15-25)34-18(3)29/h17,19,21-22H,6-16H2,1-5H3/b28-17+/t19?,21-,22-,23?,24+,25+,26?/m1/s1. The van der Waals surface area contributed by atoms with Gasteiger partial charge in [0.1, 0.15) is 11.4 Å². The lowest BCUT2D eigenvalue weighted by Gasteiger charge is -2.69. The van der Waals surface area contributed by atoms with E-state index in [9.17, 15) is 14.2 Å². The number of ketones is 1. The van der Waals surface area contributed by atoms with Crippen LogP contribution in [0.25, 0.3) is 0 Å². The maximum atomic E-state index is 13.2. The average molecular weight is 621 g/mol. The molecule has 7 nitrogen and oxygen atoms in total. The lowest BCUT2D eigenvalue weighted by Crippen LogP contribution is -2.68. The molecule has 2 bridgehead atoms. The third-order valence-corrected chi connectivity index (χ3v) is 12.7. The van der Waals surface area contributed by atoms with Crippen molar-refractivity contribution in [3.8, 4) is 0 Å². The zero-order valence-corrected chi connectivity index (χ0v) is 24.9. The Hall–Kier alpha value is -0.310. The van der Waals surface area contributed by atoms with Crippen molar-refractivity contribution in [2.45, 2.75) is 91.6 Å². The first kappa shape index (κ1) is 27.7. The molecular formula is C26H41INO6P. The number of carbonyl (C=O) groups excluding carboxylic acids is 2. The number of hydrogen-bond donors (Lipinski definition) is 0. The van der Waals surface area contributed by atoms with Crippen LogP contribution in [0.5, 0.6) is 0 Å². The largest absolute Gasteiger partial charge is 0.459 e. The van der Waals surface area contributed by atoms with Crippen molar-refractivity contribution in [3.63, 3.8) is 0 Å². The number of rotatable bonds is 8. The van der Waals surface area contributed by atoms with Gasteiger partial charge in [-0.3, -0.25) is 18.6 Å². The van der Waals surface area contributed by atoms with Crippen LogP contribution in [0.4, 0.5) is 0 Å². The molecular weight excluding hydrogens is 580 g/mol. The minimum absolute atomic E-state index is 0.0789. The molecule has 35 heavy (non-hydrogen) atoms. The van der Waals surface area contributed by atoms with Gasteiger partial charge in [-0.1, -0.05) is 35.9 Å². The molecule has 5 aliphatic rings. The van der Waals surface area contributed by atoms with Crippen LogP contribution in [-0.4, -0.2) is 41.2 Å². The van der Waals surface area contributed by atoms with Crippen molar-refractivity contribution in [1.29, 1.82) is 0 Å². The number of alkyl halides is 1. The molecule has 0 aromatic rings. The number of esters is 1. The van der Waals surface area contributed by atoms with Crippen molar-refractivity contribution >= 4 is 48.3 Å². The first-order valence-corrected chi connectivity index (χ1v) is 16.2. The van der Waals surface area contributed by atoms with Crippen molar-refractivity contribution in [3.05, 3.63) is 0 Å². The molecule has 0 aromatic carbocycles. The monoisotopic (exact) mass is 621 g/mol. The van der Waals surface area contributed by atoms with Gasteiger partial charge in [0.05, 0.1) is 19.1 Å². The van der Waals surface area contributed by atoms with E-state index in [1.54, 1.807) is 13.8 Å². The summed E-state index contributed by atoms with van der Waals surface area (Å²) >= 11 is 2.56. The summed E-state index contributed by atoms with van der Waals surface area (Å²) in [5, 5.41) is 0. The Morgan fingerprint density at radius 3 is 2.46 bits per heavy atom. The highest BCUT2D eigenvalue weighted by molar-refractivity contribution is 14.1. The van der Waals surface area contributed by atoms with Crippen molar-refractivity contribution in [1.82, 2.24) is 0 Å². The second-order valence-corrected chi connectivity index (χ2v) is 14.2. The van der Waals surface area contributed by atoms with E-state index in [0.717, 1.165) is 49.4 Å². The molecule has 5 rings (SSSR count). The molecule has 5 saturated carbocycles. The Kier molecular flexibility index (Phi) is 7.74. The van der Waals surface area contributed by atoms with E-state index in [0.29, 0.717) is 18.3 Å². The lowest BCUT2D eigenvalue weighted by atomic mass is 9.35. The zero-order valence-electron chi connectivity index (χ0n) is 21.8. The summed E-state index contributed by atoms with van der Waals surface area (Å²) < 4.78 is 35.3. The highest BCUT2D eigenvalue weighted by Gasteiger charge is 2.70. The van der Waals surface area contributed by atoms with Crippen molar-refractivity contribution in [2.24, 2.45) is 38.8 Å². The van der Waals surface area contributed by atoms with Gasteiger partial charge in [0.15, 0.2) is 0 Å². The van der Waals surface area contributed by atoms with Crippen LogP contribution in [-0.2, 0) is 27.9 Å². The van der Waals surface area contributed by atoms with Crippen LogP contribution in [0.15, 0.2) is 4.76 Å². The van der Waals surface area contributed by atoms with Gasteiger partial charge in [-0.2, -0.15) is 4.76 Å². The quantitative estimate of drug-likeness (QED) is 0.100. The first-order valence-electron chi connectivity index (χ1n) is 13.2. The van der Waals surface area contributed by atoms with E-state index >= 15 is 0 Å². The summed E-state index contributed by atoms with van der Waals surface area (Å²) in [5.41, 5.74) is -0.943. The highest BCUT2D eigenvalue weighted by Crippen LogP contribution is 2.73. The number of ether oxygens (including phenoxy) is 1. The Morgan fingerprint density at radius 1 is 1.17 bits per heavy atom. The van der Waals surface area contributed by atoms with E-state index < -0.39 is 13.3 Å². The minimum Gasteiger partial charge on any atom is -0.459 e. The summed E-state index contributed by atoms with van der Waals surface area (Å²) in [4.78, 5) is 25.2. The molecule has 3 unspecified atom stereocenters. The number of Topliss-reactive ketones (excluding diaryl/α,β-unsaturated/α-hetero) is 1. The van der Waals surface area contributed by atoms with Gasteiger partial charge in [0, 0.05) is 29.4 Å². The van der Waals surface area contributed by atoms with Crippen LogP contribution in [0, 0.1) is 34.0 Å². The number of hydrogen-bond acceptors (Lipinski definition) is 6. The van der Waals surface area contributed by atoms with Gasteiger partial charge in [-0.05, 0) is 82.0 Å². The van der Waals surface area contributed by atoms with Crippen molar-refractivity contribution in [2.75, 3.05) is 17.6 Å². The average Bonchev–Trinajstić information content (AvgIpc) is 2.76. The molecule has 5 aliphatic carbocycles. The second-order valence-electron chi connectivity index (χ2n) is 11.8. The molecule has 0 N–H and O–H groups in total. The van der Waals surface area contributed by atoms with Gasteiger partial charge in [-0.15, -0.1) is 0 Å². The van der Waals surface area contributed by atoms with Gasteiger partial charge in [0.2, 0.25) is 0 Å². The van der Waals surface area contributed by atoms with Crippen LogP contribution in [0.1, 0.15) is 86.0 Å². The van der Waals surface area contributed by atoms with E-state index in [2.05, 4.69) is 34.3 Å². The molecule has 0 aliphatic heterocycles. The molecule has 7 atom stereocenters. The van der Waals surface area contributed by atoms with Gasteiger partial charge in [0.25, 0.3) is 0 Å². The van der Waals surface area contributed by atoms with Crippen LogP contribution in [0.3, 0.4) is 0 Å². The number of carbonyl (C=O) groups is 2. The third-order valence-electron chi connectivity index (χ3n) is 9.74. The first-order chi connectivity index (χ1) is 16.4. The molecule has 0 saturated heterocycles. The Balaban J connectivity index is 1.69. The van der Waals surface area contributed by atoms with E-state index in [1.807, 2.05) is 13.1 Å². The minimum atomic E-state index is -3.51. The van der Waals surface area contributed by atoms with E-state index in [4.69, 9.17) is 13.8 Å². The summed E-state index contributed by atoms with van der Waals surface area (Å²) in [6, 6.07) is 0. The molecule has 5 fully saturated rings. The maximum Gasteiger partial charge on any atom is 0.453 e. The van der Waals surface area contributed by atoms with Crippen LogP contribution >= 0.6 is 30.3 Å². The zero-order chi connectivity index (χ0) is 25.7. The SMILES string of the molecule is CCOP(=O)(/N=C/C1(C)CCCC2(CI)[C@@H]1CC[C@@]13CC(=O)C(C[C@@H]21)[C@@](C)(OC(C)=O)C3)OCC. The molecule has 0 amide bonds. The molecule has 0 heterocycles. The molecule has 198 valence electrons. The normalized spacial score (nSPS) is 43.1. The van der Waals surface area contributed by atoms with Crippen molar-refractivity contribution < 1.29 is 27.9 Å². The maximum absolute atomic E-state index is 13.2. The Bertz CT molecular complexity index is 933. The summed E-state index contributed by atoms with van der Waals surface area (Å²) in [6.45, 7) is 9.86. The summed E-state index contributed by atoms with van der Waals surface area (Å²) in [7, 11) is -3.51. The number of fused-ring (bicyclic) bond motifs is 3. The van der Waals surface area contributed by atoms with E-state index in [1.165, 1.54) is 6.92 Å². The number of nitrogens with zero attached hydrogens (tertiary/aromatic N) is 1. The Morgan fingerprint density at radius 2 is 1.86 bits per heavy atom. The Labute approximate surface area is 223 Å². The fourth-order valence-corrected chi connectivity index (χ4v) is 11.5. The lowest BCUT2D eigenvalue weighted by molar-refractivity contribution is -0.226. The fourth-order valence-electron chi connectivity index (χ4n) is 8.75. The van der Waals surface area contributed by atoms with E-state index in [-0.39, 0.29) is 47.1 Å². The summed E-state index contributed by atoms with van der Waals surface area (Å²) in [5.74, 6) is 0.539. The van der Waals surface area contributed by atoms with Gasteiger partial charge in [-0.25, -0.2) is 4.57 Å². The predicted molar refractivity (Wildman–Crippen MR) is 144 cm³/mol. The van der Waals surface area contributed by atoms with Gasteiger partial charge < -0.3 is 4.74 Å². The second kappa shape index (κ2) is 9.77. The van der Waals surface area contributed by atoms with Gasteiger partial charge >= 0.3 is 13.7 Å². The third kappa shape index (κ3) is 4.61. The molecule has 1 spiro atoms. The topological polar surface area (TPSA) is 91.3 Å². The molecule has 0 aromatic heterocycles. The van der Waals surface area contributed by atoms with Crippen LogP contribution < -0.4 is 0 Å². The predicted octanol–water partition coefficient (Wildman–Crippen LogP) is 6.57. The molecule has 0 radical (unpaired) electrons. The van der Waals surface area contributed by atoms with Crippen LogP contribution in [0.2, 0.25) is 0 Å². The highest BCUT2D eigenvalue weighted by atomic mass is 127. The summed E-state index contributed by atoms with van der Waals surface area (Å²) in [6.07, 6.45) is 9.23. The number of halogens is 1. The fraction of sp³-hybridized carbons (Fsp3) is 0.885.